The zero-order chi connectivity index (χ0) is 26.8. The molecular weight excluding hydrogens is 501 g/mol. The van der Waals surface area contributed by atoms with Crippen LogP contribution in [0.1, 0.15) is 28.1 Å². The van der Waals surface area contributed by atoms with E-state index in [9.17, 15) is 14.0 Å². The predicted octanol–water partition coefficient (Wildman–Crippen LogP) is 7.13. The minimum absolute atomic E-state index is 0.107. The molecule has 0 N–H and O–H groups in total. The number of rotatable bonds is 6. The summed E-state index contributed by atoms with van der Waals surface area (Å²) in [5.41, 5.74) is 4.46. The Morgan fingerprint density at radius 2 is 1.63 bits per heavy atom. The summed E-state index contributed by atoms with van der Waals surface area (Å²) in [7, 11) is 0. The highest BCUT2D eigenvalue weighted by atomic mass is 32.2. The summed E-state index contributed by atoms with van der Waals surface area (Å²) < 4.78 is 22.0. The third-order valence-corrected chi connectivity index (χ3v) is 7.14. The van der Waals surface area contributed by atoms with Crippen molar-refractivity contribution >= 4 is 29.0 Å². The number of halogens is 1. The SMILES string of the molecule is Cc1cc(/C=C2\SC(=O)N(Cc3ccccc3F)C2=O)c(C)n1-c1ccc(Oc2ccc(C#N)cc2)cc1. The Kier molecular flexibility index (Phi) is 6.86. The summed E-state index contributed by atoms with van der Waals surface area (Å²) in [5, 5.41) is 8.52. The zero-order valence-electron chi connectivity index (χ0n) is 20.6. The van der Waals surface area contributed by atoms with E-state index >= 15 is 0 Å². The Balaban J connectivity index is 1.35. The van der Waals surface area contributed by atoms with Crippen LogP contribution in [0.15, 0.2) is 83.8 Å². The van der Waals surface area contributed by atoms with Gasteiger partial charge in [-0.05, 0) is 97.9 Å². The van der Waals surface area contributed by atoms with Gasteiger partial charge in [0.1, 0.15) is 17.3 Å². The monoisotopic (exact) mass is 523 g/mol. The minimum Gasteiger partial charge on any atom is -0.457 e. The molecule has 6 nitrogen and oxygen atoms in total. The molecule has 1 aliphatic rings. The lowest BCUT2D eigenvalue weighted by Crippen LogP contribution is -2.27. The molecule has 38 heavy (non-hydrogen) atoms. The van der Waals surface area contributed by atoms with Crippen molar-refractivity contribution in [3.05, 3.63) is 118 Å². The van der Waals surface area contributed by atoms with Gasteiger partial charge in [0, 0.05) is 22.6 Å². The second-order valence-electron chi connectivity index (χ2n) is 8.75. The van der Waals surface area contributed by atoms with Gasteiger partial charge in [0.15, 0.2) is 0 Å². The number of nitrogens with zero attached hydrogens (tertiary/aromatic N) is 3. The summed E-state index contributed by atoms with van der Waals surface area (Å²) in [4.78, 5) is 26.9. The van der Waals surface area contributed by atoms with Crippen molar-refractivity contribution in [3.63, 3.8) is 0 Å². The number of aromatic nitrogens is 1. The first kappa shape index (κ1) is 25.1. The second-order valence-corrected chi connectivity index (χ2v) is 9.75. The van der Waals surface area contributed by atoms with Gasteiger partial charge in [-0.2, -0.15) is 5.26 Å². The maximum atomic E-state index is 14.1. The van der Waals surface area contributed by atoms with Crippen molar-refractivity contribution in [2.45, 2.75) is 20.4 Å². The standard InChI is InChI=1S/C30H22FN3O3S/c1-19-15-23(16-28-29(35)33(30(36)38-28)18-22-5-3-4-6-27(22)31)20(2)34(19)24-9-13-26(14-10-24)37-25-11-7-21(17-32)8-12-25/h3-16H,18H2,1-2H3/b28-16-. The van der Waals surface area contributed by atoms with E-state index in [4.69, 9.17) is 10.00 Å². The molecule has 0 radical (unpaired) electrons. The maximum absolute atomic E-state index is 14.1. The van der Waals surface area contributed by atoms with Crippen molar-refractivity contribution in [1.29, 1.82) is 5.26 Å². The number of nitriles is 1. The fourth-order valence-electron chi connectivity index (χ4n) is 4.30. The minimum atomic E-state index is -0.451. The van der Waals surface area contributed by atoms with Crippen LogP contribution in [0.2, 0.25) is 0 Å². The molecule has 0 spiro atoms. The molecule has 0 atom stereocenters. The number of carbonyl (C=O) groups excluding carboxylic acids is 2. The lowest BCUT2D eigenvalue weighted by atomic mass is 10.2. The number of hydrogen-bond donors (Lipinski definition) is 0. The Bertz CT molecular complexity index is 1620. The van der Waals surface area contributed by atoms with Crippen molar-refractivity contribution in [2.24, 2.45) is 0 Å². The van der Waals surface area contributed by atoms with E-state index in [1.54, 1.807) is 48.5 Å². The quantitative estimate of drug-likeness (QED) is 0.251. The summed E-state index contributed by atoms with van der Waals surface area (Å²) in [6.45, 7) is 3.81. The second kappa shape index (κ2) is 10.4. The first-order valence-corrected chi connectivity index (χ1v) is 12.6. The number of thioether (sulfide) groups is 1. The summed E-state index contributed by atoms with van der Waals surface area (Å²) in [5.74, 6) is 0.408. The molecule has 1 fully saturated rings. The van der Waals surface area contributed by atoms with Gasteiger partial charge in [0.2, 0.25) is 0 Å². The summed E-state index contributed by atoms with van der Waals surface area (Å²) >= 11 is 0.859. The molecular formula is C30H22FN3O3S. The van der Waals surface area contributed by atoms with Crippen LogP contribution < -0.4 is 4.74 Å². The van der Waals surface area contributed by atoms with E-state index in [0.717, 1.165) is 39.3 Å². The van der Waals surface area contributed by atoms with Gasteiger partial charge in [0.25, 0.3) is 11.1 Å². The molecule has 8 heteroatoms. The van der Waals surface area contributed by atoms with Crippen LogP contribution in [-0.4, -0.2) is 20.6 Å². The normalized spacial score (nSPS) is 14.3. The van der Waals surface area contributed by atoms with Gasteiger partial charge in [-0.1, -0.05) is 18.2 Å². The van der Waals surface area contributed by atoms with Gasteiger partial charge in [-0.15, -0.1) is 0 Å². The predicted molar refractivity (Wildman–Crippen MR) is 144 cm³/mol. The van der Waals surface area contributed by atoms with Crippen LogP contribution in [0.3, 0.4) is 0 Å². The van der Waals surface area contributed by atoms with E-state index in [1.807, 2.05) is 44.2 Å². The highest BCUT2D eigenvalue weighted by molar-refractivity contribution is 8.18. The Morgan fingerprint density at radius 3 is 2.29 bits per heavy atom. The molecule has 1 saturated heterocycles. The fraction of sp³-hybridized carbons (Fsp3) is 0.100. The average Bonchev–Trinajstić information content (AvgIpc) is 3.34. The van der Waals surface area contributed by atoms with Gasteiger partial charge in [-0.25, -0.2) is 4.39 Å². The van der Waals surface area contributed by atoms with Crippen LogP contribution in [-0.2, 0) is 11.3 Å². The number of carbonyl (C=O) groups is 2. The van der Waals surface area contributed by atoms with E-state index in [2.05, 4.69) is 10.6 Å². The summed E-state index contributed by atoms with van der Waals surface area (Å²) in [6.07, 6.45) is 1.72. The third-order valence-electron chi connectivity index (χ3n) is 6.23. The fourth-order valence-corrected chi connectivity index (χ4v) is 5.13. The van der Waals surface area contributed by atoms with Crippen LogP contribution in [0.5, 0.6) is 11.5 Å². The Hall–Kier alpha value is -4.61. The van der Waals surface area contributed by atoms with Crippen LogP contribution in [0.25, 0.3) is 11.8 Å². The number of aryl methyl sites for hydroxylation is 1. The Labute approximate surface area is 223 Å². The largest absolute Gasteiger partial charge is 0.457 e. The topological polar surface area (TPSA) is 75.3 Å². The number of hydrogen-bond acceptors (Lipinski definition) is 5. The van der Waals surface area contributed by atoms with Gasteiger partial charge in [-0.3, -0.25) is 14.5 Å². The van der Waals surface area contributed by atoms with E-state index in [-0.39, 0.29) is 6.54 Å². The lowest BCUT2D eigenvalue weighted by molar-refractivity contribution is -0.123. The molecule has 2 amide bonds. The van der Waals surface area contributed by atoms with Crippen molar-refractivity contribution in [3.8, 4) is 23.3 Å². The van der Waals surface area contributed by atoms with Crippen molar-refractivity contribution in [2.75, 3.05) is 0 Å². The smallest absolute Gasteiger partial charge is 0.293 e. The van der Waals surface area contributed by atoms with Crippen LogP contribution >= 0.6 is 11.8 Å². The molecule has 0 unspecified atom stereocenters. The van der Waals surface area contributed by atoms with Gasteiger partial charge >= 0.3 is 0 Å². The average molecular weight is 524 g/mol. The van der Waals surface area contributed by atoms with Gasteiger partial charge < -0.3 is 9.30 Å². The molecule has 0 aliphatic carbocycles. The number of benzene rings is 3. The highest BCUT2D eigenvalue weighted by Gasteiger charge is 2.35. The zero-order valence-corrected chi connectivity index (χ0v) is 21.5. The third kappa shape index (κ3) is 4.97. The maximum Gasteiger partial charge on any atom is 0.293 e. The number of ether oxygens (including phenoxy) is 1. The molecule has 0 saturated carbocycles. The summed E-state index contributed by atoms with van der Waals surface area (Å²) in [6, 6.07) is 24.6. The van der Waals surface area contributed by atoms with Crippen LogP contribution in [0, 0.1) is 31.0 Å². The molecule has 188 valence electrons. The molecule has 1 aliphatic heterocycles. The van der Waals surface area contributed by atoms with Crippen molar-refractivity contribution < 1.29 is 18.7 Å². The number of imide groups is 1. The van der Waals surface area contributed by atoms with E-state index in [1.165, 1.54) is 6.07 Å². The van der Waals surface area contributed by atoms with Gasteiger partial charge in [0.05, 0.1) is 23.1 Å². The lowest BCUT2D eigenvalue weighted by Gasteiger charge is -2.13. The molecule has 4 aromatic rings. The molecule has 5 rings (SSSR count). The molecule has 2 heterocycles. The van der Waals surface area contributed by atoms with E-state index in [0.29, 0.717) is 27.5 Å². The molecule has 1 aromatic heterocycles. The highest BCUT2D eigenvalue weighted by Crippen LogP contribution is 2.35. The van der Waals surface area contributed by atoms with E-state index < -0.39 is 17.0 Å². The van der Waals surface area contributed by atoms with Crippen LogP contribution in [0.4, 0.5) is 9.18 Å². The Morgan fingerprint density at radius 1 is 0.974 bits per heavy atom. The first-order valence-electron chi connectivity index (χ1n) is 11.8. The first-order chi connectivity index (χ1) is 18.3. The molecule has 0 bridgehead atoms. The number of amides is 2. The molecule has 3 aromatic carbocycles. The van der Waals surface area contributed by atoms with Crippen molar-refractivity contribution in [1.82, 2.24) is 9.47 Å².